The molecule has 0 spiro atoms. The predicted octanol–water partition coefficient (Wildman–Crippen LogP) is 3.16. The summed E-state index contributed by atoms with van der Waals surface area (Å²) in [4.78, 5) is 11.7. The lowest BCUT2D eigenvalue weighted by molar-refractivity contribution is -0.150. The monoisotopic (exact) mass is 198 g/mol. The van der Waals surface area contributed by atoms with Crippen molar-refractivity contribution in [2.24, 2.45) is 11.8 Å². The quantitative estimate of drug-likeness (QED) is 0.649. The Morgan fingerprint density at radius 3 is 2.43 bits per heavy atom. The van der Waals surface area contributed by atoms with Gasteiger partial charge in [0, 0.05) is 0 Å². The Labute approximate surface area is 87.0 Å². The predicted molar refractivity (Wildman–Crippen MR) is 57.0 cm³/mol. The molecule has 82 valence electrons. The van der Waals surface area contributed by atoms with Crippen molar-refractivity contribution >= 4 is 5.97 Å². The lowest BCUT2D eigenvalue weighted by atomic mass is 9.79. The molecule has 0 amide bonds. The number of hydrogen-bond donors (Lipinski definition) is 0. The second-order valence-corrected chi connectivity index (χ2v) is 4.16. The van der Waals surface area contributed by atoms with Gasteiger partial charge in [-0.05, 0) is 32.1 Å². The largest absolute Gasteiger partial charge is 0.466 e. The minimum absolute atomic E-state index is 0.0295. The van der Waals surface area contributed by atoms with Crippen LogP contribution in [-0.2, 0) is 9.53 Å². The summed E-state index contributed by atoms with van der Waals surface area (Å²) in [7, 11) is 0. The topological polar surface area (TPSA) is 26.3 Å². The Hall–Kier alpha value is -0.530. The van der Waals surface area contributed by atoms with Gasteiger partial charge in [-0.3, -0.25) is 4.79 Å². The summed E-state index contributed by atoms with van der Waals surface area (Å²) in [6.45, 7) is 4.49. The second kappa shape index (κ2) is 6.05. The van der Waals surface area contributed by atoms with Gasteiger partial charge in [-0.25, -0.2) is 0 Å². The Bertz CT molecular complexity index is 171. The van der Waals surface area contributed by atoms with Gasteiger partial charge in [-0.1, -0.05) is 26.2 Å². The van der Waals surface area contributed by atoms with Crippen LogP contribution in [0.3, 0.4) is 0 Å². The van der Waals surface area contributed by atoms with E-state index in [1.165, 1.54) is 32.1 Å². The van der Waals surface area contributed by atoms with E-state index in [1.807, 2.05) is 6.92 Å². The lowest BCUT2D eigenvalue weighted by Gasteiger charge is -2.27. The normalized spacial score (nSPS) is 20.4. The van der Waals surface area contributed by atoms with Crippen molar-refractivity contribution in [3.8, 4) is 0 Å². The van der Waals surface area contributed by atoms with E-state index in [0.717, 1.165) is 6.42 Å². The first kappa shape index (κ1) is 11.5. The molecule has 0 heterocycles. The molecular weight excluding hydrogens is 176 g/mol. The van der Waals surface area contributed by atoms with Gasteiger partial charge < -0.3 is 4.74 Å². The highest BCUT2D eigenvalue weighted by atomic mass is 16.5. The molecule has 0 bridgehead atoms. The molecule has 1 aliphatic rings. The van der Waals surface area contributed by atoms with Gasteiger partial charge in [0.1, 0.15) is 0 Å². The lowest BCUT2D eigenvalue weighted by Crippen LogP contribution is -2.27. The number of ether oxygens (including phenoxy) is 1. The molecule has 1 rings (SSSR count). The second-order valence-electron chi connectivity index (χ2n) is 4.16. The van der Waals surface area contributed by atoms with Gasteiger partial charge in [0.15, 0.2) is 0 Å². The summed E-state index contributed by atoms with van der Waals surface area (Å²) in [6, 6.07) is 0. The standard InChI is InChI=1S/C12H22O2/c1-3-11(12(13)14-4-2)10-8-6-5-7-9-10/h10-11H,3-9H2,1-2H3. The highest BCUT2D eigenvalue weighted by Crippen LogP contribution is 2.32. The first-order chi connectivity index (χ1) is 6.79. The van der Waals surface area contributed by atoms with Crippen LogP contribution < -0.4 is 0 Å². The van der Waals surface area contributed by atoms with Gasteiger partial charge in [0.05, 0.1) is 12.5 Å². The molecule has 1 aliphatic carbocycles. The Morgan fingerprint density at radius 2 is 1.93 bits per heavy atom. The Morgan fingerprint density at radius 1 is 1.29 bits per heavy atom. The summed E-state index contributed by atoms with van der Waals surface area (Å²) < 4.78 is 5.11. The zero-order chi connectivity index (χ0) is 10.4. The van der Waals surface area contributed by atoms with Gasteiger partial charge in [0.2, 0.25) is 0 Å². The number of carbonyl (C=O) groups is 1. The van der Waals surface area contributed by atoms with E-state index in [2.05, 4.69) is 6.92 Å². The van der Waals surface area contributed by atoms with Crippen LogP contribution in [0.1, 0.15) is 52.4 Å². The summed E-state index contributed by atoms with van der Waals surface area (Å²) in [5, 5.41) is 0. The molecule has 0 saturated heterocycles. The summed E-state index contributed by atoms with van der Waals surface area (Å²) in [5.74, 6) is 0.782. The molecule has 2 nitrogen and oxygen atoms in total. The van der Waals surface area contributed by atoms with Crippen molar-refractivity contribution in [2.75, 3.05) is 6.61 Å². The highest BCUT2D eigenvalue weighted by molar-refractivity contribution is 5.72. The van der Waals surface area contributed by atoms with Crippen molar-refractivity contribution in [1.29, 1.82) is 0 Å². The molecule has 1 fully saturated rings. The fraction of sp³-hybridized carbons (Fsp3) is 0.917. The first-order valence-electron chi connectivity index (χ1n) is 5.96. The van der Waals surface area contributed by atoms with Crippen LogP contribution in [0.4, 0.5) is 0 Å². The van der Waals surface area contributed by atoms with Crippen molar-refractivity contribution < 1.29 is 9.53 Å². The van der Waals surface area contributed by atoms with Gasteiger partial charge in [-0.15, -0.1) is 0 Å². The Balaban J connectivity index is 2.46. The molecule has 0 aliphatic heterocycles. The molecule has 1 saturated carbocycles. The maximum Gasteiger partial charge on any atom is 0.309 e. The third-order valence-electron chi connectivity index (χ3n) is 3.25. The fourth-order valence-corrected chi connectivity index (χ4v) is 2.48. The average molecular weight is 198 g/mol. The number of carbonyl (C=O) groups excluding carboxylic acids is 1. The van der Waals surface area contributed by atoms with Crippen molar-refractivity contribution in [1.82, 2.24) is 0 Å². The van der Waals surface area contributed by atoms with Gasteiger partial charge >= 0.3 is 5.97 Å². The molecule has 1 atom stereocenters. The molecule has 0 aromatic rings. The first-order valence-corrected chi connectivity index (χ1v) is 5.96. The van der Waals surface area contributed by atoms with Crippen LogP contribution in [0.25, 0.3) is 0 Å². The molecule has 0 aromatic carbocycles. The zero-order valence-corrected chi connectivity index (χ0v) is 9.42. The minimum Gasteiger partial charge on any atom is -0.466 e. The molecule has 0 N–H and O–H groups in total. The number of esters is 1. The molecular formula is C12H22O2. The van der Waals surface area contributed by atoms with Crippen molar-refractivity contribution in [3.05, 3.63) is 0 Å². The van der Waals surface area contributed by atoms with Crippen LogP contribution in [0.2, 0.25) is 0 Å². The van der Waals surface area contributed by atoms with Crippen LogP contribution in [0.15, 0.2) is 0 Å². The summed E-state index contributed by atoms with van der Waals surface area (Å²) in [5.41, 5.74) is 0. The molecule has 1 unspecified atom stereocenters. The average Bonchev–Trinajstić information content (AvgIpc) is 2.21. The smallest absolute Gasteiger partial charge is 0.309 e. The van der Waals surface area contributed by atoms with Gasteiger partial charge in [-0.2, -0.15) is 0 Å². The maximum atomic E-state index is 11.7. The summed E-state index contributed by atoms with van der Waals surface area (Å²) >= 11 is 0. The zero-order valence-electron chi connectivity index (χ0n) is 9.42. The van der Waals surface area contributed by atoms with Crippen LogP contribution in [0.5, 0.6) is 0 Å². The van der Waals surface area contributed by atoms with Crippen LogP contribution in [-0.4, -0.2) is 12.6 Å². The molecule has 14 heavy (non-hydrogen) atoms. The van der Waals surface area contributed by atoms with Crippen LogP contribution >= 0.6 is 0 Å². The van der Waals surface area contributed by atoms with E-state index < -0.39 is 0 Å². The molecule has 2 heteroatoms. The molecule has 0 aromatic heterocycles. The minimum atomic E-state index is 0.0295. The third kappa shape index (κ3) is 3.00. The number of rotatable bonds is 4. The Kier molecular flexibility index (Phi) is 4.99. The van der Waals surface area contributed by atoms with Gasteiger partial charge in [0.25, 0.3) is 0 Å². The van der Waals surface area contributed by atoms with E-state index in [0.29, 0.717) is 12.5 Å². The highest BCUT2D eigenvalue weighted by Gasteiger charge is 2.28. The number of hydrogen-bond acceptors (Lipinski definition) is 2. The third-order valence-corrected chi connectivity index (χ3v) is 3.25. The molecule has 0 radical (unpaired) electrons. The van der Waals surface area contributed by atoms with Crippen molar-refractivity contribution in [3.63, 3.8) is 0 Å². The van der Waals surface area contributed by atoms with E-state index >= 15 is 0 Å². The van der Waals surface area contributed by atoms with E-state index in [9.17, 15) is 4.79 Å². The maximum absolute atomic E-state index is 11.7. The summed E-state index contributed by atoms with van der Waals surface area (Å²) in [6.07, 6.45) is 7.30. The van der Waals surface area contributed by atoms with Crippen molar-refractivity contribution in [2.45, 2.75) is 52.4 Å². The SMILES string of the molecule is CCOC(=O)C(CC)C1CCCCC1. The van der Waals surface area contributed by atoms with E-state index in [1.54, 1.807) is 0 Å². The van der Waals surface area contributed by atoms with E-state index in [4.69, 9.17) is 4.74 Å². The van der Waals surface area contributed by atoms with Crippen LogP contribution in [0, 0.1) is 11.8 Å². The van der Waals surface area contributed by atoms with E-state index in [-0.39, 0.29) is 11.9 Å². The fourth-order valence-electron chi connectivity index (χ4n) is 2.48.